The molecule has 3 rings (SSSR count). The molecule has 0 saturated heterocycles. The average molecular weight is 364 g/mol. The maximum atomic E-state index is 10.9. The van der Waals surface area contributed by atoms with Crippen LogP contribution < -0.4 is 14.8 Å². The van der Waals surface area contributed by atoms with E-state index in [2.05, 4.69) is 10.3 Å². The Hall–Kier alpha value is -3.54. The molecule has 0 fully saturated rings. The number of aromatic nitrogens is 1. The lowest BCUT2D eigenvalue weighted by Gasteiger charge is -2.11. The molecular formula is C21H20N2O4. The number of rotatable bonds is 8. The number of benzene rings is 2. The lowest BCUT2D eigenvalue weighted by atomic mass is 10.2. The van der Waals surface area contributed by atoms with Crippen molar-refractivity contribution in [2.24, 2.45) is 0 Å². The van der Waals surface area contributed by atoms with Crippen molar-refractivity contribution in [3.05, 3.63) is 83.6 Å². The van der Waals surface area contributed by atoms with E-state index in [1.807, 2.05) is 48.5 Å². The normalized spacial score (nSPS) is 10.3. The maximum absolute atomic E-state index is 10.9. The molecule has 138 valence electrons. The fourth-order valence-electron chi connectivity index (χ4n) is 2.55. The summed E-state index contributed by atoms with van der Waals surface area (Å²) in [6.07, 6.45) is 1.33. The van der Waals surface area contributed by atoms with Gasteiger partial charge in [0.05, 0.1) is 12.7 Å². The highest BCUT2D eigenvalue weighted by Gasteiger charge is 2.05. The Morgan fingerprint density at radius 3 is 2.70 bits per heavy atom. The number of ether oxygens (including phenoxy) is 2. The van der Waals surface area contributed by atoms with Gasteiger partial charge in [-0.2, -0.15) is 0 Å². The third kappa shape index (κ3) is 4.98. The minimum Gasteiger partial charge on any atom is -0.496 e. The number of hydrogen-bond donors (Lipinski definition) is 2. The summed E-state index contributed by atoms with van der Waals surface area (Å²) in [5.41, 5.74) is 2.16. The van der Waals surface area contributed by atoms with Crippen LogP contribution in [0.4, 0.5) is 5.82 Å². The second-order valence-corrected chi connectivity index (χ2v) is 5.84. The minimum absolute atomic E-state index is 0.160. The number of anilines is 1. The van der Waals surface area contributed by atoms with Crippen molar-refractivity contribution >= 4 is 11.8 Å². The van der Waals surface area contributed by atoms with Crippen LogP contribution in [0.2, 0.25) is 0 Å². The summed E-state index contributed by atoms with van der Waals surface area (Å²) in [4.78, 5) is 14.9. The molecule has 2 N–H and O–H groups in total. The van der Waals surface area contributed by atoms with Gasteiger partial charge in [-0.3, -0.25) is 0 Å². The SMILES string of the molecule is COc1ccccc1COc1cccc(CNc2ccc(C(=O)O)cn2)c1. The minimum atomic E-state index is -0.992. The molecule has 0 aliphatic heterocycles. The Labute approximate surface area is 157 Å². The first-order chi connectivity index (χ1) is 13.2. The van der Waals surface area contributed by atoms with Crippen LogP contribution in [0.3, 0.4) is 0 Å². The molecule has 1 heterocycles. The Balaban J connectivity index is 1.59. The zero-order chi connectivity index (χ0) is 19.1. The quantitative estimate of drug-likeness (QED) is 0.629. The predicted molar refractivity (Wildman–Crippen MR) is 102 cm³/mol. The summed E-state index contributed by atoms with van der Waals surface area (Å²) in [6, 6.07) is 18.7. The van der Waals surface area contributed by atoms with Crippen molar-refractivity contribution in [3.8, 4) is 11.5 Å². The third-order valence-corrected chi connectivity index (χ3v) is 3.97. The smallest absolute Gasteiger partial charge is 0.337 e. The predicted octanol–water partition coefficient (Wildman–Crippen LogP) is 3.98. The highest BCUT2D eigenvalue weighted by atomic mass is 16.5. The van der Waals surface area contributed by atoms with Crippen LogP contribution in [-0.4, -0.2) is 23.2 Å². The van der Waals surface area contributed by atoms with Crippen LogP contribution in [0.15, 0.2) is 66.9 Å². The Bertz CT molecular complexity index is 910. The molecule has 0 spiro atoms. The topological polar surface area (TPSA) is 80.7 Å². The van der Waals surface area contributed by atoms with Crippen LogP contribution in [0.25, 0.3) is 0 Å². The summed E-state index contributed by atoms with van der Waals surface area (Å²) in [7, 11) is 1.64. The average Bonchev–Trinajstić information content (AvgIpc) is 2.71. The number of nitrogens with zero attached hydrogens (tertiary/aromatic N) is 1. The third-order valence-electron chi connectivity index (χ3n) is 3.97. The lowest BCUT2D eigenvalue weighted by molar-refractivity contribution is 0.0696. The number of para-hydroxylation sites is 1. The van der Waals surface area contributed by atoms with E-state index in [0.717, 1.165) is 22.6 Å². The van der Waals surface area contributed by atoms with Gasteiger partial charge >= 0.3 is 5.97 Å². The molecule has 0 aliphatic rings. The second kappa shape index (κ2) is 8.71. The summed E-state index contributed by atoms with van der Waals surface area (Å²) >= 11 is 0. The van der Waals surface area contributed by atoms with Gasteiger partial charge in [0.1, 0.15) is 23.9 Å². The molecule has 0 atom stereocenters. The van der Waals surface area contributed by atoms with Crippen LogP contribution in [0, 0.1) is 0 Å². The van der Waals surface area contributed by atoms with Gasteiger partial charge in [0.15, 0.2) is 0 Å². The van der Waals surface area contributed by atoms with E-state index in [1.54, 1.807) is 13.2 Å². The molecule has 2 aromatic carbocycles. The Morgan fingerprint density at radius 2 is 1.96 bits per heavy atom. The van der Waals surface area contributed by atoms with E-state index in [-0.39, 0.29) is 5.56 Å². The summed E-state index contributed by atoms with van der Waals surface area (Å²) in [5.74, 6) is 1.18. The summed E-state index contributed by atoms with van der Waals surface area (Å²) in [6.45, 7) is 0.963. The van der Waals surface area contributed by atoms with Gasteiger partial charge < -0.3 is 19.9 Å². The first kappa shape index (κ1) is 18.3. The lowest BCUT2D eigenvalue weighted by Crippen LogP contribution is -2.04. The van der Waals surface area contributed by atoms with Gasteiger partial charge in [0.25, 0.3) is 0 Å². The molecule has 6 nitrogen and oxygen atoms in total. The molecule has 0 bridgehead atoms. The first-order valence-corrected chi connectivity index (χ1v) is 8.42. The number of carbonyl (C=O) groups is 1. The molecule has 0 unspecified atom stereocenters. The van der Waals surface area contributed by atoms with E-state index < -0.39 is 5.97 Å². The standard InChI is InChI=1S/C21H20N2O4/c1-26-19-8-3-2-6-17(19)14-27-18-7-4-5-15(11-18)12-22-20-10-9-16(13-23-20)21(24)25/h2-11,13H,12,14H2,1H3,(H,22,23)(H,24,25). The van der Waals surface area contributed by atoms with Crippen LogP contribution >= 0.6 is 0 Å². The molecule has 3 aromatic rings. The molecule has 6 heteroatoms. The zero-order valence-electron chi connectivity index (χ0n) is 14.9. The van der Waals surface area contributed by atoms with Crippen molar-refractivity contribution in [1.29, 1.82) is 0 Å². The van der Waals surface area contributed by atoms with Crippen molar-refractivity contribution < 1.29 is 19.4 Å². The number of methoxy groups -OCH3 is 1. The number of pyridine rings is 1. The van der Waals surface area contributed by atoms with Crippen molar-refractivity contribution in [1.82, 2.24) is 4.98 Å². The molecule has 0 aliphatic carbocycles. The monoisotopic (exact) mass is 364 g/mol. The number of nitrogens with one attached hydrogen (secondary N) is 1. The van der Waals surface area contributed by atoms with Gasteiger partial charge in [-0.15, -0.1) is 0 Å². The Morgan fingerprint density at radius 1 is 1.11 bits per heavy atom. The number of carboxylic acids is 1. The number of hydrogen-bond acceptors (Lipinski definition) is 5. The second-order valence-electron chi connectivity index (χ2n) is 5.84. The van der Waals surface area contributed by atoms with Crippen LogP contribution in [0.1, 0.15) is 21.5 Å². The molecule has 27 heavy (non-hydrogen) atoms. The first-order valence-electron chi connectivity index (χ1n) is 8.42. The fraction of sp³-hybridized carbons (Fsp3) is 0.143. The molecular weight excluding hydrogens is 344 g/mol. The number of carboxylic acid groups (broad SMARTS) is 1. The fourth-order valence-corrected chi connectivity index (χ4v) is 2.55. The largest absolute Gasteiger partial charge is 0.496 e. The summed E-state index contributed by atoms with van der Waals surface area (Å²) in [5, 5.41) is 12.1. The van der Waals surface area contributed by atoms with Gasteiger partial charge in [-0.1, -0.05) is 30.3 Å². The van der Waals surface area contributed by atoms with Gasteiger partial charge in [-0.05, 0) is 35.9 Å². The Kier molecular flexibility index (Phi) is 5.89. The molecule has 0 radical (unpaired) electrons. The maximum Gasteiger partial charge on any atom is 0.337 e. The van der Waals surface area contributed by atoms with E-state index in [1.165, 1.54) is 12.3 Å². The van der Waals surface area contributed by atoms with Crippen LogP contribution in [-0.2, 0) is 13.2 Å². The highest BCUT2D eigenvalue weighted by Crippen LogP contribution is 2.21. The molecule has 0 amide bonds. The van der Waals surface area contributed by atoms with E-state index >= 15 is 0 Å². The molecule has 1 aromatic heterocycles. The van der Waals surface area contributed by atoms with E-state index in [4.69, 9.17) is 14.6 Å². The van der Waals surface area contributed by atoms with E-state index in [0.29, 0.717) is 19.0 Å². The van der Waals surface area contributed by atoms with Crippen LogP contribution in [0.5, 0.6) is 11.5 Å². The van der Waals surface area contributed by atoms with E-state index in [9.17, 15) is 4.79 Å². The van der Waals surface area contributed by atoms with Gasteiger partial charge in [0, 0.05) is 18.3 Å². The van der Waals surface area contributed by atoms with Crippen molar-refractivity contribution in [3.63, 3.8) is 0 Å². The van der Waals surface area contributed by atoms with Crippen molar-refractivity contribution in [2.45, 2.75) is 13.2 Å². The zero-order valence-corrected chi connectivity index (χ0v) is 14.9. The van der Waals surface area contributed by atoms with Crippen molar-refractivity contribution in [2.75, 3.05) is 12.4 Å². The molecule has 0 saturated carbocycles. The highest BCUT2D eigenvalue weighted by molar-refractivity contribution is 5.87. The van der Waals surface area contributed by atoms with Gasteiger partial charge in [0.2, 0.25) is 0 Å². The number of aromatic carboxylic acids is 1. The summed E-state index contributed by atoms with van der Waals surface area (Å²) < 4.78 is 11.2. The van der Waals surface area contributed by atoms with Gasteiger partial charge in [-0.25, -0.2) is 9.78 Å².